The molecule has 0 aliphatic carbocycles. The average molecular weight is 254 g/mol. The number of aryl methyl sites for hydroxylation is 1. The van der Waals surface area contributed by atoms with Gasteiger partial charge in [0.25, 0.3) is 0 Å². The van der Waals surface area contributed by atoms with E-state index >= 15 is 0 Å². The number of benzene rings is 2. The fourth-order valence-corrected chi connectivity index (χ4v) is 1.91. The molecule has 0 heterocycles. The van der Waals surface area contributed by atoms with Crippen LogP contribution >= 0.6 is 0 Å². The summed E-state index contributed by atoms with van der Waals surface area (Å²) in [5, 5.41) is 0. The first-order valence-electron chi connectivity index (χ1n) is 6.44. The number of ether oxygens (including phenoxy) is 1. The first-order valence-corrected chi connectivity index (χ1v) is 6.44. The Labute approximate surface area is 114 Å². The van der Waals surface area contributed by atoms with Crippen molar-refractivity contribution in [3.63, 3.8) is 0 Å². The number of hydrogen-bond acceptors (Lipinski definition) is 2. The lowest BCUT2D eigenvalue weighted by Crippen LogP contribution is -2.11. The molecule has 0 spiro atoms. The van der Waals surface area contributed by atoms with Gasteiger partial charge in [-0.2, -0.15) is 0 Å². The summed E-state index contributed by atoms with van der Waals surface area (Å²) in [6, 6.07) is 15.8. The topological polar surface area (TPSA) is 26.3 Å². The summed E-state index contributed by atoms with van der Waals surface area (Å²) in [5.41, 5.74) is 4.07. The quantitative estimate of drug-likeness (QED) is 0.766. The van der Waals surface area contributed by atoms with E-state index in [2.05, 4.69) is 25.1 Å². The van der Waals surface area contributed by atoms with E-state index in [-0.39, 0.29) is 12.1 Å². The Kier molecular flexibility index (Phi) is 4.00. The van der Waals surface area contributed by atoms with Gasteiger partial charge in [0.15, 0.2) is 0 Å². The fraction of sp³-hybridized carbons (Fsp3) is 0.235. The molecule has 2 nitrogen and oxygen atoms in total. The highest BCUT2D eigenvalue weighted by atomic mass is 16.5. The molecule has 0 N–H and O–H groups in total. The Bertz CT molecular complexity index is 568. The summed E-state index contributed by atoms with van der Waals surface area (Å²) in [5.74, 6) is -0.272. The van der Waals surface area contributed by atoms with Gasteiger partial charge in [0.05, 0.1) is 11.7 Å². The van der Waals surface area contributed by atoms with Crippen LogP contribution in [0.4, 0.5) is 0 Å². The molecule has 2 rings (SSSR count). The van der Waals surface area contributed by atoms with E-state index in [0.717, 1.165) is 11.1 Å². The number of hydrogen-bond donors (Lipinski definition) is 0. The summed E-state index contributed by atoms with van der Waals surface area (Å²) in [6.45, 7) is 5.76. The Morgan fingerprint density at radius 1 is 1.00 bits per heavy atom. The minimum Gasteiger partial charge on any atom is -0.459 e. The molecular weight excluding hydrogens is 236 g/mol. The van der Waals surface area contributed by atoms with Gasteiger partial charge in [0, 0.05) is 0 Å². The van der Waals surface area contributed by atoms with Crippen LogP contribution in [0.3, 0.4) is 0 Å². The molecule has 0 saturated carbocycles. The Balaban J connectivity index is 2.21. The zero-order valence-corrected chi connectivity index (χ0v) is 11.5. The van der Waals surface area contributed by atoms with Crippen molar-refractivity contribution in [3.05, 3.63) is 59.7 Å². The maximum Gasteiger partial charge on any atom is 0.338 e. The van der Waals surface area contributed by atoms with E-state index < -0.39 is 0 Å². The van der Waals surface area contributed by atoms with E-state index in [1.807, 2.05) is 44.2 Å². The molecular formula is C17H18O2. The molecule has 0 unspecified atom stereocenters. The number of esters is 1. The van der Waals surface area contributed by atoms with Gasteiger partial charge in [0.2, 0.25) is 0 Å². The average Bonchev–Trinajstić information content (AvgIpc) is 2.38. The zero-order chi connectivity index (χ0) is 13.8. The Morgan fingerprint density at radius 3 is 2.26 bits per heavy atom. The first-order chi connectivity index (χ1) is 9.06. The van der Waals surface area contributed by atoms with E-state index in [9.17, 15) is 4.79 Å². The van der Waals surface area contributed by atoms with Crippen LogP contribution in [0.15, 0.2) is 48.5 Å². The molecule has 2 aromatic carbocycles. The molecule has 0 fully saturated rings. The number of rotatable bonds is 3. The van der Waals surface area contributed by atoms with Crippen LogP contribution in [0.5, 0.6) is 0 Å². The largest absolute Gasteiger partial charge is 0.459 e. The molecule has 0 atom stereocenters. The molecule has 0 amide bonds. The highest BCUT2D eigenvalue weighted by Crippen LogP contribution is 2.21. The van der Waals surface area contributed by atoms with Crippen LogP contribution in [-0.2, 0) is 4.74 Å². The van der Waals surface area contributed by atoms with Gasteiger partial charge in [-0.15, -0.1) is 0 Å². The number of carbonyl (C=O) groups is 1. The first kappa shape index (κ1) is 13.3. The SMILES string of the molecule is Cc1cccc(-c2ccc(C(=O)OC(C)C)cc2)c1. The molecule has 19 heavy (non-hydrogen) atoms. The predicted molar refractivity (Wildman–Crippen MR) is 77.2 cm³/mol. The molecule has 0 saturated heterocycles. The van der Waals surface area contributed by atoms with Crippen molar-refractivity contribution < 1.29 is 9.53 Å². The van der Waals surface area contributed by atoms with Crippen LogP contribution in [0.2, 0.25) is 0 Å². The van der Waals surface area contributed by atoms with Crippen molar-refractivity contribution in [2.75, 3.05) is 0 Å². The summed E-state index contributed by atoms with van der Waals surface area (Å²) in [7, 11) is 0. The summed E-state index contributed by atoms with van der Waals surface area (Å²) in [4.78, 5) is 11.7. The molecule has 0 radical (unpaired) electrons. The second-order valence-electron chi connectivity index (χ2n) is 4.90. The molecule has 0 aliphatic rings. The monoisotopic (exact) mass is 254 g/mol. The zero-order valence-electron chi connectivity index (χ0n) is 11.5. The predicted octanol–water partition coefficient (Wildman–Crippen LogP) is 4.23. The van der Waals surface area contributed by atoms with E-state index in [4.69, 9.17) is 4.74 Å². The van der Waals surface area contributed by atoms with Crippen molar-refractivity contribution >= 4 is 5.97 Å². The van der Waals surface area contributed by atoms with Crippen molar-refractivity contribution in [1.29, 1.82) is 0 Å². The lowest BCUT2D eigenvalue weighted by Gasteiger charge is -2.08. The van der Waals surface area contributed by atoms with Crippen molar-refractivity contribution in [1.82, 2.24) is 0 Å². The molecule has 0 aromatic heterocycles. The molecule has 2 aromatic rings. The van der Waals surface area contributed by atoms with Crippen LogP contribution in [0, 0.1) is 6.92 Å². The molecule has 0 aliphatic heterocycles. The second kappa shape index (κ2) is 5.70. The Hall–Kier alpha value is -2.09. The standard InChI is InChI=1S/C17H18O2/c1-12(2)19-17(18)15-9-7-14(8-10-15)16-6-4-5-13(3)11-16/h4-12H,1-3H3. The Morgan fingerprint density at radius 2 is 1.68 bits per heavy atom. The van der Waals surface area contributed by atoms with Crippen LogP contribution in [0.25, 0.3) is 11.1 Å². The molecule has 98 valence electrons. The van der Waals surface area contributed by atoms with Crippen molar-refractivity contribution in [2.24, 2.45) is 0 Å². The minimum atomic E-state index is -0.272. The lowest BCUT2D eigenvalue weighted by atomic mass is 10.0. The fourth-order valence-electron chi connectivity index (χ4n) is 1.91. The van der Waals surface area contributed by atoms with Crippen molar-refractivity contribution in [3.8, 4) is 11.1 Å². The van der Waals surface area contributed by atoms with Gasteiger partial charge >= 0.3 is 5.97 Å². The summed E-state index contributed by atoms with van der Waals surface area (Å²) < 4.78 is 5.16. The third kappa shape index (κ3) is 3.44. The maximum atomic E-state index is 11.7. The van der Waals surface area contributed by atoms with Crippen LogP contribution in [0.1, 0.15) is 29.8 Å². The smallest absolute Gasteiger partial charge is 0.338 e. The van der Waals surface area contributed by atoms with Gasteiger partial charge in [-0.3, -0.25) is 0 Å². The number of carbonyl (C=O) groups excluding carboxylic acids is 1. The third-order valence-electron chi connectivity index (χ3n) is 2.81. The summed E-state index contributed by atoms with van der Waals surface area (Å²) in [6.07, 6.45) is -0.0936. The normalized spacial score (nSPS) is 10.5. The van der Waals surface area contributed by atoms with E-state index in [1.54, 1.807) is 0 Å². The third-order valence-corrected chi connectivity index (χ3v) is 2.81. The van der Waals surface area contributed by atoms with Gasteiger partial charge in [0.1, 0.15) is 0 Å². The van der Waals surface area contributed by atoms with Crippen LogP contribution < -0.4 is 0 Å². The van der Waals surface area contributed by atoms with Gasteiger partial charge in [-0.05, 0) is 44.0 Å². The minimum absolute atomic E-state index is 0.0936. The van der Waals surface area contributed by atoms with Crippen LogP contribution in [-0.4, -0.2) is 12.1 Å². The molecule has 0 bridgehead atoms. The maximum absolute atomic E-state index is 11.7. The molecule has 2 heteroatoms. The van der Waals surface area contributed by atoms with Gasteiger partial charge in [-0.25, -0.2) is 4.79 Å². The second-order valence-corrected chi connectivity index (χ2v) is 4.90. The van der Waals surface area contributed by atoms with Gasteiger partial charge < -0.3 is 4.74 Å². The highest BCUT2D eigenvalue weighted by Gasteiger charge is 2.09. The lowest BCUT2D eigenvalue weighted by molar-refractivity contribution is 0.0378. The van der Waals surface area contributed by atoms with E-state index in [1.165, 1.54) is 5.56 Å². The van der Waals surface area contributed by atoms with E-state index in [0.29, 0.717) is 5.56 Å². The summed E-state index contributed by atoms with van der Waals surface area (Å²) >= 11 is 0. The highest BCUT2D eigenvalue weighted by molar-refractivity contribution is 5.90. The van der Waals surface area contributed by atoms with Crippen molar-refractivity contribution in [2.45, 2.75) is 26.9 Å². The van der Waals surface area contributed by atoms with Gasteiger partial charge in [-0.1, -0.05) is 42.0 Å².